The van der Waals surface area contributed by atoms with E-state index in [4.69, 9.17) is 4.74 Å². The number of anilines is 1. The monoisotopic (exact) mass is 318 g/mol. The molecule has 5 heteroatoms. The molecule has 2 rings (SSSR count). The molecule has 0 aliphatic carbocycles. The Morgan fingerprint density at radius 3 is 2.61 bits per heavy atom. The van der Waals surface area contributed by atoms with E-state index in [1.165, 1.54) is 0 Å². The molecule has 23 heavy (non-hydrogen) atoms. The summed E-state index contributed by atoms with van der Waals surface area (Å²) in [6.45, 7) is 7.12. The maximum absolute atomic E-state index is 12.8. The van der Waals surface area contributed by atoms with E-state index in [-0.39, 0.29) is 17.6 Å². The smallest absolute Gasteiger partial charge is 0.268 e. The number of carbonyl (C=O) groups is 2. The molecule has 1 atom stereocenters. The third kappa shape index (κ3) is 3.72. The van der Waals surface area contributed by atoms with Gasteiger partial charge in [-0.15, -0.1) is 0 Å². The molecule has 1 heterocycles. The van der Waals surface area contributed by atoms with Crippen molar-refractivity contribution in [1.29, 1.82) is 0 Å². The third-order valence-electron chi connectivity index (χ3n) is 4.03. The molecule has 1 unspecified atom stereocenters. The summed E-state index contributed by atoms with van der Waals surface area (Å²) >= 11 is 0. The Kier molecular flexibility index (Phi) is 5.42. The Labute approximate surface area is 138 Å². The standard InChI is InChI=1S/C18H26N2O3/c1-6-15(21)13-7-8-16-14(11-13)20(10-9-19(4)5)18(22)17(23-16)12(2)3/h7-8,11-12,17H,6,9-10H2,1-5H3. The summed E-state index contributed by atoms with van der Waals surface area (Å²) in [5, 5.41) is 0. The van der Waals surface area contributed by atoms with Gasteiger partial charge >= 0.3 is 0 Å². The highest BCUT2D eigenvalue weighted by atomic mass is 16.5. The van der Waals surface area contributed by atoms with Crippen molar-refractivity contribution in [3.05, 3.63) is 23.8 Å². The number of rotatable bonds is 6. The molecule has 1 aliphatic rings. The fourth-order valence-corrected chi connectivity index (χ4v) is 2.62. The number of ketones is 1. The molecule has 0 fully saturated rings. The molecule has 0 radical (unpaired) electrons. The minimum Gasteiger partial charge on any atom is -0.478 e. The zero-order valence-corrected chi connectivity index (χ0v) is 14.6. The molecule has 1 amide bonds. The van der Waals surface area contributed by atoms with E-state index in [9.17, 15) is 9.59 Å². The fourth-order valence-electron chi connectivity index (χ4n) is 2.62. The summed E-state index contributed by atoms with van der Waals surface area (Å²) in [7, 11) is 3.95. The topological polar surface area (TPSA) is 49.9 Å². The zero-order chi connectivity index (χ0) is 17.1. The lowest BCUT2D eigenvalue weighted by Gasteiger charge is -2.36. The normalized spacial score (nSPS) is 17.4. The summed E-state index contributed by atoms with van der Waals surface area (Å²) in [5.74, 6) is 0.804. The van der Waals surface area contributed by atoms with Gasteiger partial charge in [0.05, 0.1) is 5.69 Å². The van der Waals surface area contributed by atoms with Crippen LogP contribution in [-0.2, 0) is 4.79 Å². The van der Waals surface area contributed by atoms with E-state index in [1.54, 1.807) is 17.0 Å². The minimum absolute atomic E-state index is 0.0320. The molecular weight excluding hydrogens is 292 g/mol. The van der Waals surface area contributed by atoms with Crippen LogP contribution in [0.25, 0.3) is 0 Å². The maximum atomic E-state index is 12.8. The maximum Gasteiger partial charge on any atom is 0.268 e. The first-order valence-electron chi connectivity index (χ1n) is 8.15. The quantitative estimate of drug-likeness (QED) is 0.757. The van der Waals surface area contributed by atoms with Crippen molar-refractivity contribution < 1.29 is 14.3 Å². The number of amides is 1. The molecule has 0 N–H and O–H groups in total. The predicted octanol–water partition coefficient (Wildman–Crippen LogP) is 2.59. The summed E-state index contributed by atoms with van der Waals surface area (Å²) in [6.07, 6.45) is -0.0303. The molecule has 1 aromatic rings. The number of hydrogen-bond acceptors (Lipinski definition) is 4. The highest BCUT2D eigenvalue weighted by molar-refractivity contribution is 6.03. The molecule has 0 bridgehead atoms. The van der Waals surface area contributed by atoms with Crippen LogP contribution in [0.1, 0.15) is 37.6 Å². The highest BCUT2D eigenvalue weighted by Gasteiger charge is 2.36. The van der Waals surface area contributed by atoms with Crippen LogP contribution in [0.4, 0.5) is 5.69 Å². The van der Waals surface area contributed by atoms with Gasteiger partial charge in [0.15, 0.2) is 11.9 Å². The first kappa shape index (κ1) is 17.5. The van der Waals surface area contributed by atoms with Crippen LogP contribution in [0, 0.1) is 5.92 Å². The van der Waals surface area contributed by atoms with Gasteiger partial charge in [0.2, 0.25) is 0 Å². The van der Waals surface area contributed by atoms with Gasteiger partial charge in [-0.3, -0.25) is 9.59 Å². The van der Waals surface area contributed by atoms with Crippen LogP contribution in [0.5, 0.6) is 5.75 Å². The SMILES string of the molecule is CCC(=O)c1ccc2c(c1)N(CCN(C)C)C(=O)C(C(C)C)O2. The summed E-state index contributed by atoms with van der Waals surface area (Å²) in [6, 6.07) is 5.37. The molecule has 0 spiro atoms. The molecule has 1 aromatic carbocycles. The van der Waals surface area contributed by atoms with E-state index in [1.807, 2.05) is 45.8 Å². The Morgan fingerprint density at radius 2 is 2.04 bits per heavy atom. The number of ether oxygens (including phenoxy) is 1. The van der Waals surface area contributed by atoms with E-state index < -0.39 is 6.10 Å². The Hall–Kier alpha value is -1.88. The van der Waals surface area contributed by atoms with Gasteiger partial charge < -0.3 is 14.5 Å². The second kappa shape index (κ2) is 7.13. The largest absolute Gasteiger partial charge is 0.478 e. The number of fused-ring (bicyclic) bond motifs is 1. The van der Waals surface area contributed by atoms with Gasteiger partial charge in [-0.05, 0) is 38.2 Å². The van der Waals surface area contributed by atoms with Gasteiger partial charge in [0, 0.05) is 25.1 Å². The van der Waals surface area contributed by atoms with E-state index in [0.29, 0.717) is 30.0 Å². The lowest BCUT2D eigenvalue weighted by Crippen LogP contribution is -2.50. The number of Topliss-reactive ketones (excluding diaryl/α,β-unsaturated/α-hetero) is 1. The average Bonchev–Trinajstić information content (AvgIpc) is 2.51. The van der Waals surface area contributed by atoms with Crippen LogP contribution in [-0.4, -0.2) is 49.9 Å². The number of hydrogen-bond donors (Lipinski definition) is 0. The lowest BCUT2D eigenvalue weighted by molar-refractivity contribution is -0.128. The van der Waals surface area contributed by atoms with E-state index in [2.05, 4.69) is 0 Å². The summed E-state index contributed by atoms with van der Waals surface area (Å²) < 4.78 is 5.89. The Bertz CT molecular complexity index is 596. The first-order valence-corrected chi connectivity index (χ1v) is 8.15. The lowest BCUT2D eigenvalue weighted by atomic mass is 10.0. The van der Waals surface area contributed by atoms with Gasteiger partial charge in [0.1, 0.15) is 5.75 Å². The predicted molar refractivity (Wildman–Crippen MR) is 91.2 cm³/mol. The molecule has 0 saturated heterocycles. The van der Waals surface area contributed by atoms with Crippen molar-refractivity contribution in [2.24, 2.45) is 5.92 Å². The number of benzene rings is 1. The number of carbonyl (C=O) groups excluding carboxylic acids is 2. The summed E-state index contributed by atoms with van der Waals surface area (Å²) in [4.78, 5) is 28.6. The minimum atomic E-state index is -0.475. The van der Waals surface area contributed by atoms with Crippen molar-refractivity contribution >= 4 is 17.4 Å². The van der Waals surface area contributed by atoms with Crippen LogP contribution >= 0.6 is 0 Å². The molecule has 1 aliphatic heterocycles. The van der Waals surface area contributed by atoms with Crippen LogP contribution in [0.2, 0.25) is 0 Å². The van der Waals surface area contributed by atoms with Crippen molar-refractivity contribution in [2.45, 2.75) is 33.3 Å². The molecule has 5 nitrogen and oxygen atoms in total. The van der Waals surface area contributed by atoms with Crippen LogP contribution < -0.4 is 9.64 Å². The first-order chi connectivity index (χ1) is 10.8. The molecule has 0 saturated carbocycles. The number of likely N-dealkylation sites (N-methyl/N-ethyl adjacent to an activating group) is 1. The second-order valence-corrected chi connectivity index (χ2v) is 6.53. The van der Waals surface area contributed by atoms with Crippen LogP contribution in [0.3, 0.4) is 0 Å². The van der Waals surface area contributed by atoms with Crippen molar-refractivity contribution in [3.63, 3.8) is 0 Å². The third-order valence-corrected chi connectivity index (χ3v) is 4.03. The van der Waals surface area contributed by atoms with Crippen molar-refractivity contribution in [1.82, 2.24) is 4.90 Å². The van der Waals surface area contributed by atoms with Crippen molar-refractivity contribution in [2.75, 3.05) is 32.1 Å². The van der Waals surface area contributed by atoms with Gasteiger partial charge in [-0.2, -0.15) is 0 Å². The Balaban J connectivity index is 2.42. The number of nitrogens with zero attached hydrogens (tertiary/aromatic N) is 2. The van der Waals surface area contributed by atoms with Crippen molar-refractivity contribution in [3.8, 4) is 5.75 Å². The van der Waals surface area contributed by atoms with Gasteiger partial charge in [0.25, 0.3) is 5.91 Å². The van der Waals surface area contributed by atoms with E-state index in [0.717, 1.165) is 6.54 Å². The molecule has 0 aromatic heterocycles. The Morgan fingerprint density at radius 1 is 1.35 bits per heavy atom. The molecule has 126 valence electrons. The fraction of sp³-hybridized carbons (Fsp3) is 0.556. The van der Waals surface area contributed by atoms with Gasteiger partial charge in [-0.1, -0.05) is 20.8 Å². The van der Waals surface area contributed by atoms with Crippen LogP contribution in [0.15, 0.2) is 18.2 Å². The average molecular weight is 318 g/mol. The zero-order valence-electron chi connectivity index (χ0n) is 14.6. The summed E-state index contributed by atoms with van der Waals surface area (Å²) in [5.41, 5.74) is 1.33. The van der Waals surface area contributed by atoms with E-state index >= 15 is 0 Å². The highest BCUT2D eigenvalue weighted by Crippen LogP contribution is 2.36. The molecular formula is C18H26N2O3. The van der Waals surface area contributed by atoms with Gasteiger partial charge in [-0.25, -0.2) is 0 Å². The second-order valence-electron chi connectivity index (χ2n) is 6.53.